The Morgan fingerprint density at radius 1 is 1.29 bits per heavy atom. The second kappa shape index (κ2) is 6.47. The minimum Gasteiger partial charge on any atom is -0.504 e. The molecule has 1 aliphatic carbocycles. The average Bonchev–Trinajstić information content (AvgIpc) is 3.35. The van der Waals surface area contributed by atoms with Gasteiger partial charge in [0.25, 0.3) is 0 Å². The molecule has 1 amide bonds. The summed E-state index contributed by atoms with van der Waals surface area (Å²) < 4.78 is 31.9. The van der Waals surface area contributed by atoms with Gasteiger partial charge in [0.05, 0.1) is 7.11 Å². The molecule has 2 atom stereocenters. The number of ether oxygens (including phenoxy) is 1. The van der Waals surface area contributed by atoms with E-state index in [1.807, 2.05) is 0 Å². The lowest BCUT2D eigenvalue weighted by molar-refractivity contribution is -0.122. The SMILES string of the molecule is COc1ccc(CNC(=O)C2CC2c2cc(F)ccc2F)cc1O. The summed E-state index contributed by atoms with van der Waals surface area (Å²) in [6, 6.07) is 8.14. The van der Waals surface area contributed by atoms with Gasteiger partial charge in [-0.3, -0.25) is 4.79 Å². The van der Waals surface area contributed by atoms with Gasteiger partial charge in [-0.15, -0.1) is 0 Å². The van der Waals surface area contributed by atoms with Crippen molar-refractivity contribution < 1.29 is 23.4 Å². The standard InChI is InChI=1S/C18H17F2NO3/c1-24-17-5-2-10(6-16(17)22)9-21-18(23)14-8-12(14)13-7-11(19)3-4-15(13)20/h2-7,12,14,22H,8-9H2,1H3,(H,21,23). The van der Waals surface area contributed by atoms with Crippen LogP contribution in [-0.4, -0.2) is 18.1 Å². The highest BCUT2D eigenvalue weighted by Crippen LogP contribution is 2.48. The summed E-state index contributed by atoms with van der Waals surface area (Å²) >= 11 is 0. The maximum absolute atomic E-state index is 13.7. The van der Waals surface area contributed by atoms with Crippen molar-refractivity contribution >= 4 is 5.91 Å². The van der Waals surface area contributed by atoms with Crippen LogP contribution in [0.4, 0.5) is 8.78 Å². The zero-order valence-corrected chi connectivity index (χ0v) is 13.1. The number of halogens is 2. The molecule has 0 aliphatic heterocycles. The number of methoxy groups -OCH3 is 1. The molecule has 0 aromatic heterocycles. The third-order valence-corrected chi connectivity index (χ3v) is 4.19. The van der Waals surface area contributed by atoms with Gasteiger partial charge in [0.1, 0.15) is 11.6 Å². The lowest BCUT2D eigenvalue weighted by Gasteiger charge is -2.08. The molecule has 6 heteroatoms. The van der Waals surface area contributed by atoms with Gasteiger partial charge in [-0.2, -0.15) is 0 Å². The zero-order valence-electron chi connectivity index (χ0n) is 13.1. The van der Waals surface area contributed by atoms with Gasteiger partial charge >= 0.3 is 0 Å². The van der Waals surface area contributed by atoms with Crippen molar-refractivity contribution in [3.05, 3.63) is 59.2 Å². The van der Waals surface area contributed by atoms with Crippen LogP contribution in [0, 0.1) is 17.6 Å². The fourth-order valence-corrected chi connectivity index (χ4v) is 2.79. The summed E-state index contributed by atoms with van der Waals surface area (Å²) in [6.45, 7) is 0.241. The fraction of sp³-hybridized carbons (Fsp3) is 0.278. The van der Waals surface area contributed by atoms with Crippen LogP contribution >= 0.6 is 0 Å². The quantitative estimate of drug-likeness (QED) is 0.884. The van der Waals surface area contributed by atoms with E-state index in [0.717, 1.165) is 23.8 Å². The monoisotopic (exact) mass is 333 g/mol. The molecule has 0 bridgehead atoms. The molecule has 3 rings (SSSR count). The lowest BCUT2D eigenvalue weighted by atomic mass is 10.1. The molecule has 4 nitrogen and oxygen atoms in total. The van der Waals surface area contributed by atoms with Gasteiger partial charge in [0.15, 0.2) is 11.5 Å². The van der Waals surface area contributed by atoms with Gasteiger partial charge < -0.3 is 15.2 Å². The molecular formula is C18H17F2NO3. The first-order valence-corrected chi connectivity index (χ1v) is 7.58. The van der Waals surface area contributed by atoms with E-state index >= 15 is 0 Å². The molecule has 0 radical (unpaired) electrons. The summed E-state index contributed by atoms with van der Waals surface area (Å²) in [5, 5.41) is 12.5. The Labute approximate surface area is 138 Å². The number of phenolic OH excluding ortho intramolecular Hbond substituents is 1. The Hall–Kier alpha value is -2.63. The number of amides is 1. The first kappa shape index (κ1) is 16.2. The smallest absolute Gasteiger partial charge is 0.224 e. The van der Waals surface area contributed by atoms with Crippen molar-refractivity contribution in [2.45, 2.75) is 18.9 Å². The van der Waals surface area contributed by atoms with Gasteiger partial charge in [-0.25, -0.2) is 8.78 Å². The molecule has 1 saturated carbocycles. The van der Waals surface area contributed by atoms with E-state index in [0.29, 0.717) is 12.2 Å². The predicted molar refractivity (Wildman–Crippen MR) is 83.7 cm³/mol. The van der Waals surface area contributed by atoms with Crippen LogP contribution in [-0.2, 0) is 11.3 Å². The second-order valence-electron chi connectivity index (χ2n) is 5.84. The zero-order chi connectivity index (χ0) is 17.3. The van der Waals surface area contributed by atoms with E-state index in [2.05, 4.69) is 5.32 Å². The van der Waals surface area contributed by atoms with E-state index in [9.17, 15) is 18.7 Å². The molecule has 1 aliphatic rings. The molecule has 126 valence electrons. The third kappa shape index (κ3) is 3.32. The first-order chi connectivity index (χ1) is 11.5. The number of carbonyl (C=O) groups is 1. The lowest BCUT2D eigenvalue weighted by Crippen LogP contribution is -2.24. The number of carbonyl (C=O) groups excluding carboxylic acids is 1. The molecule has 0 heterocycles. The minimum absolute atomic E-state index is 0.00428. The van der Waals surface area contributed by atoms with Crippen LogP contribution in [0.2, 0.25) is 0 Å². The largest absolute Gasteiger partial charge is 0.504 e. The maximum atomic E-state index is 13.7. The highest BCUT2D eigenvalue weighted by Gasteiger charge is 2.45. The van der Waals surface area contributed by atoms with E-state index in [-0.39, 0.29) is 35.6 Å². The molecule has 0 saturated heterocycles. The normalized spacial score (nSPS) is 19.0. The summed E-state index contributed by atoms with van der Waals surface area (Å²) in [5.74, 6) is -1.50. The van der Waals surface area contributed by atoms with Crippen LogP contribution in [0.15, 0.2) is 36.4 Å². The molecule has 2 aromatic rings. The van der Waals surface area contributed by atoms with Crippen molar-refractivity contribution in [3.63, 3.8) is 0 Å². The summed E-state index contributed by atoms with van der Waals surface area (Å²) in [7, 11) is 1.45. The molecule has 1 fully saturated rings. The Morgan fingerprint density at radius 3 is 2.79 bits per heavy atom. The number of hydrogen-bond acceptors (Lipinski definition) is 3. The van der Waals surface area contributed by atoms with Crippen molar-refractivity contribution in [3.8, 4) is 11.5 Å². The van der Waals surface area contributed by atoms with Crippen LogP contribution in [0.5, 0.6) is 11.5 Å². The van der Waals surface area contributed by atoms with E-state index in [4.69, 9.17) is 4.74 Å². The number of benzene rings is 2. The summed E-state index contributed by atoms with van der Waals surface area (Å²) in [6.07, 6.45) is 0.500. The second-order valence-corrected chi connectivity index (χ2v) is 5.84. The number of aromatic hydroxyl groups is 1. The first-order valence-electron chi connectivity index (χ1n) is 7.58. The molecule has 2 aromatic carbocycles. The van der Waals surface area contributed by atoms with E-state index in [1.54, 1.807) is 12.1 Å². The predicted octanol–water partition coefficient (Wildman–Crippen LogP) is 3.10. The van der Waals surface area contributed by atoms with E-state index < -0.39 is 11.6 Å². The highest BCUT2D eigenvalue weighted by atomic mass is 19.1. The van der Waals surface area contributed by atoms with Crippen molar-refractivity contribution in [2.75, 3.05) is 7.11 Å². The number of nitrogens with one attached hydrogen (secondary N) is 1. The number of phenols is 1. The van der Waals surface area contributed by atoms with Crippen molar-refractivity contribution in [1.29, 1.82) is 0 Å². The Balaban J connectivity index is 1.59. The fourth-order valence-electron chi connectivity index (χ4n) is 2.79. The molecular weight excluding hydrogens is 316 g/mol. The molecule has 2 unspecified atom stereocenters. The Morgan fingerprint density at radius 2 is 2.08 bits per heavy atom. The van der Waals surface area contributed by atoms with Crippen LogP contribution < -0.4 is 10.1 Å². The topological polar surface area (TPSA) is 58.6 Å². The Bertz CT molecular complexity index is 779. The van der Waals surface area contributed by atoms with Gasteiger partial charge in [-0.05, 0) is 53.8 Å². The van der Waals surface area contributed by atoms with Gasteiger partial charge in [0, 0.05) is 12.5 Å². The maximum Gasteiger partial charge on any atom is 0.224 e. The van der Waals surface area contributed by atoms with Gasteiger partial charge in [-0.1, -0.05) is 6.07 Å². The molecule has 24 heavy (non-hydrogen) atoms. The summed E-state index contributed by atoms with van der Waals surface area (Å²) in [4.78, 5) is 12.2. The minimum atomic E-state index is -0.508. The van der Waals surface area contributed by atoms with E-state index in [1.165, 1.54) is 13.2 Å². The van der Waals surface area contributed by atoms with Crippen LogP contribution in [0.25, 0.3) is 0 Å². The number of rotatable bonds is 5. The third-order valence-electron chi connectivity index (χ3n) is 4.19. The van der Waals surface area contributed by atoms with Gasteiger partial charge in [0.2, 0.25) is 5.91 Å². The molecule has 2 N–H and O–H groups in total. The number of hydrogen-bond donors (Lipinski definition) is 2. The highest BCUT2D eigenvalue weighted by molar-refractivity contribution is 5.82. The Kier molecular flexibility index (Phi) is 4.38. The molecule has 0 spiro atoms. The summed E-state index contributed by atoms with van der Waals surface area (Å²) in [5.41, 5.74) is 0.966. The van der Waals surface area contributed by atoms with Crippen molar-refractivity contribution in [1.82, 2.24) is 5.32 Å². The van der Waals surface area contributed by atoms with Crippen LogP contribution in [0.1, 0.15) is 23.5 Å². The van der Waals surface area contributed by atoms with Crippen molar-refractivity contribution in [2.24, 2.45) is 5.92 Å². The van der Waals surface area contributed by atoms with Crippen LogP contribution in [0.3, 0.4) is 0 Å². The average molecular weight is 333 g/mol.